The molecule has 0 aliphatic rings. The SMILES string of the molecule is O=C(c1ccnc(C(=O)N(CCc2ccccc2)CCc2ccccc2)c1)N(CCc1ccccc1)CCc1ccccc1. The maximum absolute atomic E-state index is 13.9. The molecular weight excluding hydrogens is 542 g/mol. The minimum atomic E-state index is -0.161. The monoisotopic (exact) mass is 581 g/mol. The van der Waals surface area contributed by atoms with E-state index in [1.165, 1.54) is 22.3 Å². The van der Waals surface area contributed by atoms with Crippen molar-refractivity contribution in [2.24, 2.45) is 0 Å². The van der Waals surface area contributed by atoms with Gasteiger partial charge in [-0.2, -0.15) is 0 Å². The predicted molar refractivity (Wildman–Crippen MR) is 177 cm³/mol. The Labute approximate surface area is 260 Å². The lowest BCUT2D eigenvalue weighted by molar-refractivity contribution is 0.0752. The van der Waals surface area contributed by atoms with Gasteiger partial charge in [0, 0.05) is 37.9 Å². The van der Waals surface area contributed by atoms with Gasteiger partial charge in [0.15, 0.2) is 0 Å². The van der Waals surface area contributed by atoms with E-state index >= 15 is 0 Å². The van der Waals surface area contributed by atoms with Gasteiger partial charge in [-0.3, -0.25) is 14.6 Å². The van der Waals surface area contributed by atoms with Crippen molar-refractivity contribution < 1.29 is 9.59 Å². The zero-order chi connectivity index (χ0) is 30.4. The van der Waals surface area contributed by atoms with Crippen molar-refractivity contribution in [3.63, 3.8) is 0 Å². The second-order valence-electron chi connectivity index (χ2n) is 11.0. The van der Waals surface area contributed by atoms with Crippen LogP contribution >= 0.6 is 0 Å². The fourth-order valence-corrected chi connectivity index (χ4v) is 5.29. The van der Waals surface area contributed by atoms with Crippen LogP contribution in [0.5, 0.6) is 0 Å². The zero-order valence-electron chi connectivity index (χ0n) is 25.1. The molecule has 5 heteroatoms. The summed E-state index contributed by atoms with van der Waals surface area (Å²) in [5.74, 6) is -0.250. The molecule has 4 aromatic carbocycles. The molecule has 0 aliphatic heterocycles. The van der Waals surface area contributed by atoms with Gasteiger partial charge in [0.05, 0.1) is 0 Å². The van der Waals surface area contributed by atoms with Crippen LogP contribution in [0.4, 0.5) is 0 Å². The second-order valence-corrected chi connectivity index (χ2v) is 11.0. The van der Waals surface area contributed by atoms with E-state index in [1.807, 2.05) is 82.6 Å². The van der Waals surface area contributed by atoms with E-state index in [0.29, 0.717) is 37.4 Å². The van der Waals surface area contributed by atoms with Gasteiger partial charge in [0.1, 0.15) is 5.69 Å². The van der Waals surface area contributed by atoms with Crippen molar-refractivity contribution in [1.82, 2.24) is 14.8 Å². The zero-order valence-corrected chi connectivity index (χ0v) is 25.1. The lowest BCUT2D eigenvalue weighted by Crippen LogP contribution is -2.36. The third-order valence-corrected chi connectivity index (χ3v) is 7.85. The van der Waals surface area contributed by atoms with E-state index in [0.717, 1.165) is 25.7 Å². The van der Waals surface area contributed by atoms with E-state index in [9.17, 15) is 9.59 Å². The summed E-state index contributed by atoms with van der Waals surface area (Å²) in [5, 5.41) is 0. The molecule has 0 saturated carbocycles. The quantitative estimate of drug-likeness (QED) is 0.143. The summed E-state index contributed by atoms with van der Waals surface area (Å²) in [6.07, 6.45) is 4.58. The molecule has 0 radical (unpaired) electrons. The maximum atomic E-state index is 13.9. The van der Waals surface area contributed by atoms with E-state index in [-0.39, 0.29) is 11.8 Å². The van der Waals surface area contributed by atoms with E-state index < -0.39 is 0 Å². The molecule has 44 heavy (non-hydrogen) atoms. The highest BCUT2D eigenvalue weighted by molar-refractivity contribution is 5.98. The number of aromatic nitrogens is 1. The minimum absolute atomic E-state index is 0.0894. The highest BCUT2D eigenvalue weighted by Crippen LogP contribution is 2.14. The smallest absolute Gasteiger partial charge is 0.272 e. The molecule has 0 fully saturated rings. The molecule has 5 rings (SSSR count). The number of hydrogen-bond acceptors (Lipinski definition) is 3. The maximum Gasteiger partial charge on any atom is 0.272 e. The van der Waals surface area contributed by atoms with Crippen molar-refractivity contribution >= 4 is 11.8 Å². The fourth-order valence-electron chi connectivity index (χ4n) is 5.29. The molecule has 0 spiro atoms. The third kappa shape index (κ3) is 8.98. The summed E-state index contributed by atoms with van der Waals surface area (Å²) in [5.41, 5.74) is 5.49. The standard InChI is InChI=1S/C39H39N3O2/c43-38(41(27-22-32-13-5-1-6-14-32)28-23-33-15-7-2-8-16-33)36-21-26-40-37(31-36)39(44)42(29-24-34-17-9-3-10-18-34)30-25-35-19-11-4-12-20-35/h1-21,26,31H,22-25,27-30H2. The van der Waals surface area contributed by atoms with Gasteiger partial charge in [0.25, 0.3) is 11.8 Å². The Bertz CT molecular complexity index is 1390. The molecule has 0 N–H and O–H groups in total. The average molecular weight is 582 g/mol. The van der Waals surface area contributed by atoms with Gasteiger partial charge in [-0.05, 0) is 60.1 Å². The summed E-state index contributed by atoms with van der Waals surface area (Å²) in [7, 11) is 0. The van der Waals surface area contributed by atoms with Crippen LogP contribution in [0.25, 0.3) is 0 Å². The average Bonchev–Trinajstić information content (AvgIpc) is 3.09. The van der Waals surface area contributed by atoms with Crippen molar-refractivity contribution in [3.05, 3.63) is 173 Å². The van der Waals surface area contributed by atoms with Gasteiger partial charge in [0.2, 0.25) is 0 Å². The number of hydrogen-bond donors (Lipinski definition) is 0. The second kappa shape index (κ2) is 16.0. The molecule has 0 atom stereocenters. The minimum Gasteiger partial charge on any atom is -0.338 e. The first-order valence-corrected chi connectivity index (χ1v) is 15.4. The van der Waals surface area contributed by atoms with Crippen molar-refractivity contribution in [2.75, 3.05) is 26.2 Å². The summed E-state index contributed by atoms with van der Waals surface area (Å²) in [6.45, 7) is 2.30. The molecule has 0 saturated heterocycles. The van der Waals surface area contributed by atoms with Crippen LogP contribution in [0.2, 0.25) is 0 Å². The number of carbonyl (C=O) groups is 2. The van der Waals surface area contributed by atoms with Crippen LogP contribution < -0.4 is 0 Å². The Morgan fingerprint density at radius 3 is 1.16 bits per heavy atom. The summed E-state index contributed by atoms with van der Waals surface area (Å²) in [4.78, 5) is 36.0. The van der Waals surface area contributed by atoms with Crippen molar-refractivity contribution in [3.8, 4) is 0 Å². The Balaban J connectivity index is 1.33. The van der Waals surface area contributed by atoms with Gasteiger partial charge >= 0.3 is 0 Å². The third-order valence-electron chi connectivity index (χ3n) is 7.85. The first kappa shape index (κ1) is 30.4. The number of nitrogens with zero attached hydrogens (tertiary/aromatic N) is 3. The highest BCUT2D eigenvalue weighted by atomic mass is 16.2. The largest absolute Gasteiger partial charge is 0.338 e. The number of carbonyl (C=O) groups excluding carboxylic acids is 2. The predicted octanol–water partition coefficient (Wildman–Crippen LogP) is 6.94. The topological polar surface area (TPSA) is 53.5 Å². The molecule has 5 aromatic rings. The first-order chi connectivity index (χ1) is 21.7. The normalized spacial score (nSPS) is 10.7. The first-order valence-electron chi connectivity index (χ1n) is 15.4. The van der Waals surface area contributed by atoms with Crippen molar-refractivity contribution in [1.29, 1.82) is 0 Å². The molecule has 1 aromatic heterocycles. The molecular formula is C39H39N3O2. The number of rotatable bonds is 14. The van der Waals surface area contributed by atoms with Crippen LogP contribution in [0.1, 0.15) is 43.1 Å². The molecule has 5 nitrogen and oxygen atoms in total. The van der Waals surface area contributed by atoms with Gasteiger partial charge in [-0.25, -0.2) is 0 Å². The Kier molecular flexibility index (Phi) is 11.1. The Morgan fingerprint density at radius 1 is 0.455 bits per heavy atom. The highest BCUT2D eigenvalue weighted by Gasteiger charge is 2.21. The van der Waals surface area contributed by atoms with Crippen LogP contribution in [-0.4, -0.2) is 52.8 Å². The number of benzene rings is 4. The van der Waals surface area contributed by atoms with E-state index in [2.05, 4.69) is 53.5 Å². The lowest BCUT2D eigenvalue weighted by atomic mass is 10.1. The van der Waals surface area contributed by atoms with Gasteiger partial charge in [-0.1, -0.05) is 121 Å². The summed E-state index contributed by atoms with van der Waals surface area (Å²) < 4.78 is 0. The summed E-state index contributed by atoms with van der Waals surface area (Å²) >= 11 is 0. The van der Waals surface area contributed by atoms with Crippen LogP contribution in [0, 0.1) is 0 Å². The molecule has 2 amide bonds. The molecule has 1 heterocycles. The Morgan fingerprint density at radius 2 is 0.795 bits per heavy atom. The fraction of sp³-hybridized carbons (Fsp3) is 0.205. The molecule has 0 unspecified atom stereocenters. The number of pyridine rings is 1. The van der Waals surface area contributed by atoms with Crippen LogP contribution in [-0.2, 0) is 25.7 Å². The molecule has 0 aliphatic carbocycles. The van der Waals surface area contributed by atoms with Gasteiger partial charge < -0.3 is 9.80 Å². The van der Waals surface area contributed by atoms with Crippen LogP contribution in [0.15, 0.2) is 140 Å². The van der Waals surface area contributed by atoms with E-state index in [4.69, 9.17) is 0 Å². The Hall–Kier alpha value is -5.03. The molecule has 222 valence electrons. The van der Waals surface area contributed by atoms with Crippen LogP contribution in [0.3, 0.4) is 0 Å². The van der Waals surface area contributed by atoms with Crippen molar-refractivity contribution in [2.45, 2.75) is 25.7 Å². The summed E-state index contributed by atoms with van der Waals surface area (Å²) in [6, 6.07) is 44.2. The van der Waals surface area contributed by atoms with E-state index in [1.54, 1.807) is 18.3 Å². The molecule has 0 bridgehead atoms. The number of amides is 2. The van der Waals surface area contributed by atoms with Gasteiger partial charge in [-0.15, -0.1) is 0 Å². The lowest BCUT2D eigenvalue weighted by Gasteiger charge is -2.24.